The van der Waals surface area contributed by atoms with E-state index in [0.29, 0.717) is 30.3 Å². The molecule has 0 aromatic rings. The summed E-state index contributed by atoms with van der Waals surface area (Å²) < 4.78 is 34.1. The first-order valence-corrected chi connectivity index (χ1v) is 21.7. The zero-order valence-corrected chi connectivity index (χ0v) is 34.9. The van der Waals surface area contributed by atoms with Crippen LogP contribution >= 0.6 is 7.82 Å². The van der Waals surface area contributed by atoms with Crippen molar-refractivity contribution in [2.24, 2.45) is 0 Å². The maximum atomic E-state index is 12.6. The maximum absolute atomic E-state index is 12.6. The van der Waals surface area contributed by atoms with Crippen molar-refractivity contribution in [3.63, 3.8) is 0 Å². The van der Waals surface area contributed by atoms with E-state index in [2.05, 4.69) is 80.7 Å². The molecular formula is C43H75NO8P+. The number of phosphoric ester groups is 1. The van der Waals surface area contributed by atoms with Gasteiger partial charge in [-0.3, -0.25) is 18.6 Å². The number of hydrogen-bond donors (Lipinski definition) is 1. The van der Waals surface area contributed by atoms with Crippen molar-refractivity contribution in [3.05, 3.63) is 72.9 Å². The summed E-state index contributed by atoms with van der Waals surface area (Å²) >= 11 is 0. The molecule has 0 fully saturated rings. The Morgan fingerprint density at radius 1 is 0.604 bits per heavy atom. The highest BCUT2D eigenvalue weighted by molar-refractivity contribution is 7.47. The van der Waals surface area contributed by atoms with Crippen molar-refractivity contribution in [2.75, 3.05) is 47.5 Å². The lowest BCUT2D eigenvalue weighted by Crippen LogP contribution is -2.37. The van der Waals surface area contributed by atoms with Gasteiger partial charge in [-0.2, -0.15) is 0 Å². The molecule has 2 unspecified atom stereocenters. The van der Waals surface area contributed by atoms with Crippen LogP contribution in [0, 0.1) is 0 Å². The first-order valence-electron chi connectivity index (χ1n) is 20.2. The van der Waals surface area contributed by atoms with Crippen LogP contribution in [-0.4, -0.2) is 74.9 Å². The van der Waals surface area contributed by atoms with Gasteiger partial charge in [-0.25, -0.2) is 4.57 Å². The van der Waals surface area contributed by atoms with E-state index in [1.54, 1.807) is 0 Å². The minimum Gasteiger partial charge on any atom is -0.462 e. The summed E-state index contributed by atoms with van der Waals surface area (Å²) in [6, 6.07) is 0. The van der Waals surface area contributed by atoms with Gasteiger partial charge in [0.25, 0.3) is 0 Å². The van der Waals surface area contributed by atoms with Crippen molar-refractivity contribution in [2.45, 2.75) is 142 Å². The number of unbranched alkanes of at least 4 members (excludes halogenated alkanes) is 9. The van der Waals surface area contributed by atoms with Gasteiger partial charge >= 0.3 is 19.8 Å². The Hall–Kier alpha value is -2.55. The predicted octanol–water partition coefficient (Wildman–Crippen LogP) is 11.1. The standard InChI is InChI=1S/C43H74NO8P/c1-6-8-10-12-14-16-18-20-21-22-23-24-26-28-30-32-34-36-43(46)52-41(40-51-53(47,48)50-38-37-44(3,4)5)39-49-42(45)35-33-31-29-27-25-19-17-15-13-11-9-7-2/h8,10,14-17,20-21,23-24,28,30,41H,6-7,9,11-13,18-19,22,25-27,29,31-40H2,1-5H3/p+1/b10-8-,16-14-,17-15-,21-20-,24-23-,30-28-. The summed E-state index contributed by atoms with van der Waals surface area (Å²) in [6.07, 6.45) is 42.4. The number of allylic oxidation sites excluding steroid dienone is 12. The number of phosphoric acid groups is 1. The fourth-order valence-electron chi connectivity index (χ4n) is 4.81. The smallest absolute Gasteiger partial charge is 0.462 e. The molecule has 0 aliphatic rings. The lowest BCUT2D eigenvalue weighted by Gasteiger charge is -2.24. The number of likely N-dealkylation sites (N-methyl/N-ethyl adjacent to an activating group) is 1. The summed E-state index contributed by atoms with van der Waals surface area (Å²) in [6.45, 7) is 4.17. The average molecular weight is 765 g/mol. The molecule has 0 aliphatic carbocycles. The van der Waals surface area contributed by atoms with Crippen LogP contribution in [0.15, 0.2) is 72.9 Å². The first kappa shape index (κ1) is 50.5. The van der Waals surface area contributed by atoms with E-state index in [1.165, 1.54) is 19.3 Å². The summed E-state index contributed by atoms with van der Waals surface area (Å²) in [7, 11) is 1.42. The number of hydrogen-bond acceptors (Lipinski definition) is 7. The molecule has 9 nitrogen and oxygen atoms in total. The van der Waals surface area contributed by atoms with Crippen molar-refractivity contribution < 1.29 is 42.1 Å². The third-order valence-corrected chi connectivity index (χ3v) is 8.95. The number of quaternary nitrogens is 1. The highest BCUT2D eigenvalue weighted by Crippen LogP contribution is 2.43. The molecule has 0 bridgehead atoms. The first-order chi connectivity index (χ1) is 25.5. The molecule has 0 radical (unpaired) electrons. The molecule has 0 spiro atoms. The summed E-state index contributed by atoms with van der Waals surface area (Å²) in [5.74, 6) is -0.887. The van der Waals surface area contributed by atoms with E-state index in [4.69, 9.17) is 18.5 Å². The lowest BCUT2D eigenvalue weighted by molar-refractivity contribution is -0.870. The second-order valence-electron chi connectivity index (χ2n) is 14.3. The Morgan fingerprint density at radius 2 is 1.09 bits per heavy atom. The van der Waals surface area contributed by atoms with E-state index < -0.39 is 32.5 Å². The number of nitrogens with zero attached hydrogens (tertiary/aromatic N) is 1. The molecular weight excluding hydrogens is 689 g/mol. The summed E-state index contributed by atoms with van der Waals surface area (Å²) in [4.78, 5) is 35.2. The third kappa shape index (κ3) is 39.0. The molecule has 1 N–H and O–H groups in total. The molecule has 0 aromatic carbocycles. The van der Waals surface area contributed by atoms with Crippen LogP contribution in [0.4, 0.5) is 0 Å². The van der Waals surface area contributed by atoms with Gasteiger partial charge in [0.15, 0.2) is 6.10 Å². The number of carbonyl (C=O) groups excluding carboxylic acids is 2. The topological polar surface area (TPSA) is 108 Å². The minimum atomic E-state index is -4.39. The zero-order chi connectivity index (χ0) is 39.3. The van der Waals surface area contributed by atoms with Gasteiger partial charge in [-0.1, -0.05) is 119 Å². The van der Waals surface area contributed by atoms with E-state index in [1.807, 2.05) is 27.2 Å². The van der Waals surface area contributed by atoms with Crippen LogP contribution in [-0.2, 0) is 32.7 Å². The van der Waals surface area contributed by atoms with Crippen LogP contribution in [0.2, 0.25) is 0 Å². The monoisotopic (exact) mass is 765 g/mol. The Balaban J connectivity index is 4.55. The maximum Gasteiger partial charge on any atom is 0.472 e. The zero-order valence-electron chi connectivity index (χ0n) is 34.0. The van der Waals surface area contributed by atoms with Crippen molar-refractivity contribution in [1.82, 2.24) is 0 Å². The number of carbonyl (C=O) groups is 2. The fraction of sp³-hybridized carbons (Fsp3) is 0.674. The average Bonchev–Trinajstić information content (AvgIpc) is 3.10. The van der Waals surface area contributed by atoms with Crippen molar-refractivity contribution in [1.29, 1.82) is 0 Å². The van der Waals surface area contributed by atoms with Gasteiger partial charge in [0, 0.05) is 12.8 Å². The molecule has 0 aliphatic heterocycles. The summed E-state index contributed by atoms with van der Waals surface area (Å²) in [5.41, 5.74) is 0. The van der Waals surface area contributed by atoms with E-state index in [0.717, 1.165) is 70.6 Å². The van der Waals surface area contributed by atoms with Crippen LogP contribution in [0.25, 0.3) is 0 Å². The highest BCUT2D eigenvalue weighted by Gasteiger charge is 2.27. The van der Waals surface area contributed by atoms with Gasteiger partial charge in [0.1, 0.15) is 19.8 Å². The second-order valence-corrected chi connectivity index (χ2v) is 15.7. The SMILES string of the molecule is CC/C=C\C/C=C\C/C=C\C/C=C\C/C=C\CCCC(=O)OC(COC(=O)CCCCCCC/C=C\CCCCC)COP(=O)(O)OCC[N+](C)(C)C. The van der Waals surface area contributed by atoms with Crippen molar-refractivity contribution in [3.8, 4) is 0 Å². The number of esters is 2. The molecule has 2 atom stereocenters. The molecule has 304 valence electrons. The van der Waals surface area contributed by atoms with Gasteiger partial charge in [0.05, 0.1) is 27.7 Å². The van der Waals surface area contributed by atoms with Gasteiger partial charge < -0.3 is 18.9 Å². The van der Waals surface area contributed by atoms with Crippen LogP contribution in [0.5, 0.6) is 0 Å². The van der Waals surface area contributed by atoms with Crippen LogP contribution < -0.4 is 0 Å². The highest BCUT2D eigenvalue weighted by atomic mass is 31.2. The summed E-state index contributed by atoms with van der Waals surface area (Å²) in [5, 5.41) is 0. The molecule has 0 saturated carbocycles. The molecule has 0 saturated heterocycles. The minimum absolute atomic E-state index is 0.0161. The third-order valence-electron chi connectivity index (χ3n) is 7.97. The molecule has 0 aromatic heterocycles. The largest absolute Gasteiger partial charge is 0.472 e. The Kier molecular flexibility index (Phi) is 33.5. The molecule has 53 heavy (non-hydrogen) atoms. The van der Waals surface area contributed by atoms with Crippen LogP contribution in [0.3, 0.4) is 0 Å². The van der Waals surface area contributed by atoms with Crippen LogP contribution in [0.1, 0.15) is 136 Å². The Bertz CT molecular complexity index is 1140. The molecule has 0 amide bonds. The van der Waals surface area contributed by atoms with Crippen molar-refractivity contribution >= 4 is 19.8 Å². The van der Waals surface area contributed by atoms with E-state index in [-0.39, 0.29) is 26.1 Å². The second kappa shape index (κ2) is 35.2. The van der Waals surface area contributed by atoms with Gasteiger partial charge in [-0.05, 0) is 77.0 Å². The number of rotatable bonds is 35. The molecule has 0 rings (SSSR count). The Labute approximate surface area is 323 Å². The van der Waals surface area contributed by atoms with E-state index >= 15 is 0 Å². The van der Waals surface area contributed by atoms with Gasteiger partial charge in [-0.15, -0.1) is 0 Å². The molecule has 10 heteroatoms. The fourth-order valence-corrected chi connectivity index (χ4v) is 5.55. The quantitative estimate of drug-likeness (QED) is 0.0223. The van der Waals surface area contributed by atoms with E-state index in [9.17, 15) is 19.0 Å². The lowest BCUT2D eigenvalue weighted by atomic mass is 10.1. The van der Waals surface area contributed by atoms with Gasteiger partial charge in [0.2, 0.25) is 0 Å². The predicted molar refractivity (Wildman–Crippen MR) is 219 cm³/mol. The molecule has 0 heterocycles. The normalized spacial score (nSPS) is 14.5. The number of ether oxygens (including phenoxy) is 2. The Morgan fingerprint density at radius 3 is 1.68 bits per heavy atom.